The van der Waals surface area contributed by atoms with E-state index in [1.165, 1.54) is 6.07 Å². The highest BCUT2D eigenvalue weighted by Gasteiger charge is 2.24. The summed E-state index contributed by atoms with van der Waals surface area (Å²) in [5.41, 5.74) is 5.44. The fourth-order valence-electron chi connectivity index (χ4n) is 1.63. The van der Waals surface area contributed by atoms with E-state index in [1.807, 2.05) is 6.92 Å². The van der Waals surface area contributed by atoms with E-state index in [4.69, 9.17) is 5.73 Å². The van der Waals surface area contributed by atoms with Crippen molar-refractivity contribution in [2.45, 2.75) is 38.3 Å². The summed E-state index contributed by atoms with van der Waals surface area (Å²) in [6, 6.07) is 1.37. The van der Waals surface area contributed by atoms with E-state index in [0.717, 1.165) is 18.9 Å². The Hall–Kier alpha value is -0.230. The molecule has 1 aromatic carbocycles. The number of nitrogens with two attached hydrogens (primary N) is 1. The van der Waals surface area contributed by atoms with Gasteiger partial charge in [0.15, 0.2) is 0 Å². The first-order valence-corrected chi connectivity index (χ1v) is 6.35. The summed E-state index contributed by atoms with van der Waals surface area (Å²) in [5, 5.41) is 9.77. The highest BCUT2D eigenvalue weighted by Crippen LogP contribution is 2.28. The van der Waals surface area contributed by atoms with Crippen LogP contribution in [0.3, 0.4) is 0 Å². The van der Waals surface area contributed by atoms with E-state index in [2.05, 4.69) is 15.9 Å². The Morgan fingerprint density at radius 1 is 1.39 bits per heavy atom. The van der Waals surface area contributed by atoms with E-state index in [0.29, 0.717) is 6.42 Å². The third-order valence-corrected chi connectivity index (χ3v) is 3.29. The molecule has 0 fully saturated rings. The minimum atomic E-state index is -1.04. The van der Waals surface area contributed by atoms with Gasteiger partial charge < -0.3 is 10.8 Å². The topological polar surface area (TPSA) is 46.2 Å². The molecule has 0 amide bonds. The van der Waals surface area contributed by atoms with Crippen molar-refractivity contribution >= 4 is 28.3 Å². The Labute approximate surface area is 120 Å². The second-order valence-electron chi connectivity index (χ2n) is 3.99. The smallest absolute Gasteiger partial charge is 0.145 e. The predicted molar refractivity (Wildman–Crippen MR) is 73.8 cm³/mol. The number of aliphatic hydroxyl groups excluding tert-OH is 1. The third kappa shape index (κ3) is 4.16. The zero-order chi connectivity index (χ0) is 13.0. The number of benzene rings is 1. The molecule has 0 radical (unpaired) electrons. The van der Waals surface area contributed by atoms with Gasteiger partial charge in [0, 0.05) is 5.56 Å². The van der Waals surface area contributed by atoms with E-state index >= 15 is 0 Å². The molecule has 104 valence electrons. The lowest BCUT2D eigenvalue weighted by Gasteiger charge is -2.20. The van der Waals surface area contributed by atoms with Crippen molar-refractivity contribution in [3.05, 3.63) is 33.8 Å². The third-order valence-electron chi connectivity index (χ3n) is 2.68. The zero-order valence-electron chi connectivity index (χ0n) is 10.00. The SMILES string of the molecule is CCCC[C@@H](O)[C@@H](N)c1c(F)ccc(Br)c1F.Cl. The summed E-state index contributed by atoms with van der Waals surface area (Å²) in [5.74, 6) is -1.47. The molecule has 2 atom stereocenters. The number of hydrogen-bond donors (Lipinski definition) is 2. The number of unbranched alkanes of at least 4 members (excludes halogenated alkanes) is 1. The molecule has 0 spiro atoms. The van der Waals surface area contributed by atoms with Crippen LogP contribution in [0, 0.1) is 11.6 Å². The summed E-state index contributed by atoms with van der Waals surface area (Å²) in [6.07, 6.45) is 1.16. The lowest BCUT2D eigenvalue weighted by Crippen LogP contribution is -2.28. The van der Waals surface area contributed by atoms with Gasteiger partial charge in [-0.05, 0) is 34.5 Å². The molecule has 0 saturated carbocycles. The molecule has 0 aliphatic carbocycles. The number of halogens is 4. The van der Waals surface area contributed by atoms with Gasteiger partial charge in [-0.2, -0.15) is 0 Å². The van der Waals surface area contributed by atoms with Gasteiger partial charge in [-0.25, -0.2) is 8.78 Å². The lowest BCUT2D eigenvalue weighted by molar-refractivity contribution is 0.129. The fraction of sp³-hybridized carbons (Fsp3) is 0.500. The van der Waals surface area contributed by atoms with Gasteiger partial charge in [-0.1, -0.05) is 19.8 Å². The minimum absolute atomic E-state index is 0. The quantitative estimate of drug-likeness (QED) is 0.800. The molecular formula is C12H17BrClF2NO. The van der Waals surface area contributed by atoms with Crippen LogP contribution in [0.2, 0.25) is 0 Å². The van der Waals surface area contributed by atoms with Crippen molar-refractivity contribution in [2.24, 2.45) is 5.73 Å². The van der Waals surface area contributed by atoms with Gasteiger partial charge in [0.2, 0.25) is 0 Å². The van der Waals surface area contributed by atoms with Crippen LogP contribution in [0.4, 0.5) is 8.78 Å². The summed E-state index contributed by atoms with van der Waals surface area (Å²) in [6.45, 7) is 1.97. The van der Waals surface area contributed by atoms with Crippen LogP contribution < -0.4 is 5.73 Å². The van der Waals surface area contributed by atoms with Gasteiger partial charge in [0.1, 0.15) is 11.6 Å². The molecule has 0 bridgehead atoms. The number of rotatable bonds is 5. The summed E-state index contributed by atoms with van der Waals surface area (Å²) < 4.78 is 27.4. The van der Waals surface area contributed by atoms with E-state index in [9.17, 15) is 13.9 Å². The molecule has 0 saturated heterocycles. The van der Waals surface area contributed by atoms with Crippen molar-refractivity contribution in [2.75, 3.05) is 0 Å². The molecule has 0 heterocycles. The van der Waals surface area contributed by atoms with E-state index in [1.54, 1.807) is 0 Å². The van der Waals surface area contributed by atoms with Gasteiger partial charge in [-0.15, -0.1) is 12.4 Å². The molecule has 6 heteroatoms. The average molecular weight is 345 g/mol. The Balaban J connectivity index is 0.00000289. The van der Waals surface area contributed by atoms with Gasteiger partial charge in [0.05, 0.1) is 16.6 Å². The first kappa shape index (κ1) is 17.8. The zero-order valence-corrected chi connectivity index (χ0v) is 12.4. The van der Waals surface area contributed by atoms with Crippen molar-refractivity contribution in [3.63, 3.8) is 0 Å². The molecule has 18 heavy (non-hydrogen) atoms. The first-order valence-electron chi connectivity index (χ1n) is 5.56. The van der Waals surface area contributed by atoms with Crippen LogP contribution in [0.15, 0.2) is 16.6 Å². The molecule has 0 aliphatic rings. The standard InChI is InChI=1S/C12H16BrF2NO.ClH/c1-2-3-4-9(17)12(16)10-8(14)6-5-7(13)11(10)15;/h5-6,9,12,17H,2-4,16H2,1H3;1H/t9-,12-;/m1./s1. The summed E-state index contributed by atoms with van der Waals surface area (Å²) in [4.78, 5) is 0. The number of hydrogen-bond acceptors (Lipinski definition) is 2. The van der Waals surface area contributed by atoms with Crippen LogP contribution in [0.5, 0.6) is 0 Å². The van der Waals surface area contributed by atoms with E-state index in [-0.39, 0.29) is 22.4 Å². The lowest BCUT2D eigenvalue weighted by atomic mass is 9.97. The van der Waals surface area contributed by atoms with Crippen LogP contribution >= 0.6 is 28.3 Å². The molecular weight excluding hydrogens is 327 g/mol. The molecule has 0 aromatic heterocycles. The fourth-order valence-corrected chi connectivity index (χ4v) is 1.98. The molecule has 1 aromatic rings. The van der Waals surface area contributed by atoms with Gasteiger partial charge in [-0.3, -0.25) is 0 Å². The largest absolute Gasteiger partial charge is 0.391 e. The van der Waals surface area contributed by atoms with Crippen molar-refractivity contribution in [3.8, 4) is 0 Å². The first-order chi connectivity index (χ1) is 7.99. The molecule has 1 rings (SSSR count). The Kier molecular flexibility index (Phi) is 7.94. The maximum atomic E-state index is 13.7. The number of aliphatic hydroxyl groups is 1. The monoisotopic (exact) mass is 343 g/mol. The maximum absolute atomic E-state index is 13.7. The molecule has 2 nitrogen and oxygen atoms in total. The van der Waals surface area contributed by atoms with E-state index < -0.39 is 23.8 Å². The molecule has 3 N–H and O–H groups in total. The molecule has 0 aliphatic heterocycles. The van der Waals surface area contributed by atoms with Crippen LogP contribution in [-0.2, 0) is 0 Å². The normalized spacial score (nSPS) is 13.9. The highest BCUT2D eigenvalue weighted by molar-refractivity contribution is 9.10. The van der Waals surface area contributed by atoms with Crippen LogP contribution in [-0.4, -0.2) is 11.2 Å². The Morgan fingerprint density at radius 3 is 2.56 bits per heavy atom. The maximum Gasteiger partial charge on any atom is 0.145 e. The van der Waals surface area contributed by atoms with Crippen molar-refractivity contribution in [1.29, 1.82) is 0 Å². The van der Waals surface area contributed by atoms with Crippen LogP contribution in [0.25, 0.3) is 0 Å². The van der Waals surface area contributed by atoms with Crippen LogP contribution in [0.1, 0.15) is 37.8 Å². The second kappa shape index (κ2) is 8.04. The van der Waals surface area contributed by atoms with Gasteiger partial charge >= 0.3 is 0 Å². The average Bonchev–Trinajstić information content (AvgIpc) is 2.31. The van der Waals surface area contributed by atoms with Gasteiger partial charge in [0.25, 0.3) is 0 Å². The Morgan fingerprint density at radius 2 is 2.00 bits per heavy atom. The summed E-state index contributed by atoms with van der Waals surface area (Å²) in [7, 11) is 0. The highest BCUT2D eigenvalue weighted by atomic mass is 79.9. The summed E-state index contributed by atoms with van der Waals surface area (Å²) >= 11 is 2.97. The minimum Gasteiger partial charge on any atom is -0.391 e. The van der Waals surface area contributed by atoms with Crippen molar-refractivity contribution < 1.29 is 13.9 Å². The Bertz CT molecular complexity index is 393. The predicted octanol–water partition coefficient (Wildman–Crippen LogP) is 3.70. The van der Waals surface area contributed by atoms with Crippen molar-refractivity contribution in [1.82, 2.24) is 0 Å². The second-order valence-corrected chi connectivity index (χ2v) is 4.85. The molecule has 0 unspecified atom stereocenters.